The molecule has 0 radical (unpaired) electrons. The summed E-state index contributed by atoms with van der Waals surface area (Å²) in [6.07, 6.45) is 3.64. The third-order valence-electron chi connectivity index (χ3n) is 2.47. The monoisotopic (exact) mass is 236 g/mol. The summed E-state index contributed by atoms with van der Waals surface area (Å²) in [5.74, 6) is 0. The van der Waals surface area contributed by atoms with Crippen LogP contribution in [0.3, 0.4) is 0 Å². The molecule has 7 heteroatoms. The van der Waals surface area contributed by atoms with E-state index in [1.54, 1.807) is 4.68 Å². The molecule has 0 aliphatic heterocycles. The van der Waals surface area contributed by atoms with Crippen LogP contribution in [-0.4, -0.2) is 36.9 Å². The number of H-pyrrole nitrogens is 1. The van der Waals surface area contributed by atoms with Gasteiger partial charge in [0.15, 0.2) is 0 Å². The summed E-state index contributed by atoms with van der Waals surface area (Å²) < 4.78 is 1.63. The summed E-state index contributed by atoms with van der Waals surface area (Å²) in [6.45, 7) is 3.94. The molecule has 0 unspecified atom stereocenters. The van der Waals surface area contributed by atoms with Gasteiger partial charge in [0.2, 0.25) is 0 Å². The van der Waals surface area contributed by atoms with Gasteiger partial charge < -0.3 is 10.4 Å². The molecule has 0 amide bonds. The third kappa shape index (κ3) is 3.11. The van der Waals surface area contributed by atoms with Crippen LogP contribution < -0.4 is 5.32 Å². The number of nitrogens with zero attached hydrogens (tertiary/aromatic N) is 4. The van der Waals surface area contributed by atoms with E-state index in [9.17, 15) is 0 Å². The van der Waals surface area contributed by atoms with Crippen molar-refractivity contribution in [1.29, 1.82) is 0 Å². The molecule has 0 aliphatic carbocycles. The molecular formula is C10H16N6O. The molecule has 0 saturated carbocycles. The first-order valence-corrected chi connectivity index (χ1v) is 5.49. The fraction of sp³-hybridized carbons (Fsp3) is 0.500. The number of nitrogens with one attached hydrogen (secondary N) is 2. The number of aryl methyl sites for hydroxylation is 1. The first kappa shape index (κ1) is 11.7. The van der Waals surface area contributed by atoms with Gasteiger partial charge in [-0.25, -0.2) is 4.68 Å². The number of aliphatic hydroxyl groups is 1. The van der Waals surface area contributed by atoms with Crippen molar-refractivity contribution in [1.82, 2.24) is 30.5 Å². The number of hydrogen-bond donors (Lipinski definition) is 3. The zero-order valence-electron chi connectivity index (χ0n) is 9.72. The maximum Gasteiger partial charge on any atom is 0.0964 e. The molecule has 0 atom stereocenters. The smallest absolute Gasteiger partial charge is 0.0964 e. The Balaban J connectivity index is 1.80. The van der Waals surface area contributed by atoms with Gasteiger partial charge in [0.05, 0.1) is 25.0 Å². The summed E-state index contributed by atoms with van der Waals surface area (Å²) in [7, 11) is 0. The van der Waals surface area contributed by atoms with Crippen LogP contribution in [0.4, 0.5) is 0 Å². The molecule has 0 aliphatic rings. The number of hydrogen-bond acceptors (Lipinski definition) is 5. The molecule has 92 valence electrons. The second-order valence-electron chi connectivity index (χ2n) is 3.82. The van der Waals surface area contributed by atoms with Crippen molar-refractivity contribution in [2.45, 2.75) is 26.6 Å². The van der Waals surface area contributed by atoms with E-state index in [2.05, 4.69) is 25.8 Å². The lowest BCUT2D eigenvalue weighted by Gasteiger charge is -2.00. The van der Waals surface area contributed by atoms with Crippen molar-refractivity contribution < 1.29 is 5.11 Å². The van der Waals surface area contributed by atoms with Crippen molar-refractivity contribution in [2.75, 3.05) is 6.61 Å². The summed E-state index contributed by atoms with van der Waals surface area (Å²) in [4.78, 5) is 0. The molecule has 2 aromatic rings. The highest BCUT2D eigenvalue weighted by molar-refractivity contribution is 5.13. The number of aromatic amines is 1. The lowest BCUT2D eigenvalue weighted by molar-refractivity contribution is 0.268. The number of rotatable bonds is 6. The Morgan fingerprint density at radius 1 is 1.47 bits per heavy atom. The standard InChI is InChI=1S/C10H16N6O/c1-8-9(5-12-13-8)4-11-6-10-7-16(2-3-17)15-14-10/h5,7,11,17H,2-4,6H2,1H3,(H,12,13). The van der Waals surface area contributed by atoms with E-state index in [1.807, 2.05) is 19.3 Å². The van der Waals surface area contributed by atoms with Crippen LogP contribution in [0.5, 0.6) is 0 Å². The SMILES string of the molecule is Cc1[nH]ncc1CNCc1cn(CCO)nn1. The van der Waals surface area contributed by atoms with Crippen LogP contribution in [-0.2, 0) is 19.6 Å². The van der Waals surface area contributed by atoms with Gasteiger partial charge in [-0.1, -0.05) is 5.21 Å². The molecule has 2 rings (SSSR count). The second kappa shape index (κ2) is 5.55. The minimum absolute atomic E-state index is 0.0739. The maximum atomic E-state index is 8.75. The molecule has 2 aromatic heterocycles. The Kier molecular flexibility index (Phi) is 3.84. The van der Waals surface area contributed by atoms with E-state index in [0.29, 0.717) is 13.1 Å². The molecular weight excluding hydrogens is 220 g/mol. The lowest BCUT2D eigenvalue weighted by Crippen LogP contribution is -2.13. The Morgan fingerprint density at radius 2 is 2.35 bits per heavy atom. The quantitative estimate of drug-likeness (QED) is 0.634. The fourth-order valence-electron chi connectivity index (χ4n) is 1.51. The van der Waals surface area contributed by atoms with Gasteiger partial charge in [-0.3, -0.25) is 5.10 Å². The van der Waals surface area contributed by atoms with Gasteiger partial charge >= 0.3 is 0 Å². The molecule has 17 heavy (non-hydrogen) atoms. The summed E-state index contributed by atoms with van der Waals surface area (Å²) >= 11 is 0. The highest BCUT2D eigenvalue weighted by Gasteiger charge is 2.02. The predicted octanol–water partition coefficient (Wildman–Crippen LogP) is -0.408. The summed E-state index contributed by atoms with van der Waals surface area (Å²) in [6, 6.07) is 0. The van der Waals surface area contributed by atoms with Crippen LogP contribution in [0.1, 0.15) is 17.0 Å². The molecule has 0 bridgehead atoms. The molecule has 0 aromatic carbocycles. The maximum absolute atomic E-state index is 8.75. The molecule has 3 N–H and O–H groups in total. The van der Waals surface area contributed by atoms with Gasteiger partial charge in [-0.2, -0.15) is 5.10 Å². The largest absolute Gasteiger partial charge is 0.394 e. The minimum atomic E-state index is 0.0739. The van der Waals surface area contributed by atoms with Gasteiger partial charge in [0.1, 0.15) is 0 Å². The Bertz CT molecular complexity index is 463. The van der Waals surface area contributed by atoms with Crippen molar-refractivity contribution >= 4 is 0 Å². The van der Waals surface area contributed by atoms with E-state index in [0.717, 1.165) is 23.5 Å². The molecule has 0 saturated heterocycles. The molecule has 2 heterocycles. The van der Waals surface area contributed by atoms with Crippen molar-refractivity contribution in [2.24, 2.45) is 0 Å². The highest BCUT2D eigenvalue weighted by Crippen LogP contribution is 2.02. The van der Waals surface area contributed by atoms with Crippen LogP contribution in [0.15, 0.2) is 12.4 Å². The van der Waals surface area contributed by atoms with Crippen LogP contribution >= 0.6 is 0 Å². The third-order valence-corrected chi connectivity index (χ3v) is 2.47. The normalized spacial score (nSPS) is 10.9. The van der Waals surface area contributed by atoms with Crippen LogP contribution in [0, 0.1) is 6.92 Å². The average molecular weight is 236 g/mol. The second-order valence-corrected chi connectivity index (χ2v) is 3.82. The number of aliphatic hydroxyl groups excluding tert-OH is 1. The van der Waals surface area contributed by atoms with E-state index >= 15 is 0 Å². The lowest BCUT2D eigenvalue weighted by atomic mass is 10.2. The van der Waals surface area contributed by atoms with E-state index in [-0.39, 0.29) is 6.61 Å². The van der Waals surface area contributed by atoms with Crippen molar-refractivity contribution in [3.05, 3.63) is 29.3 Å². The molecule has 7 nitrogen and oxygen atoms in total. The van der Waals surface area contributed by atoms with E-state index < -0.39 is 0 Å². The Labute approximate surface area is 98.8 Å². The van der Waals surface area contributed by atoms with Crippen LogP contribution in [0.25, 0.3) is 0 Å². The van der Waals surface area contributed by atoms with Gasteiger partial charge in [0, 0.05) is 30.5 Å². The van der Waals surface area contributed by atoms with Gasteiger partial charge in [-0.05, 0) is 6.92 Å². The van der Waals surface area contributed by atoms with Crippen LogP contribution in [0.2, 0.25) is 0 Å². The number of aromatic nitrogens is 5. The van der Waals surface area contributed by atoms with Gasteiger partial charge in [0.25, 0.3) is 0 Å². The predicted molar refractivity (Wildman–Crippen MR) is 61.0 cm³/mol. The summed E-state index contributed by atoms with van der Waals surface area (Å²) in [5.41, 5.74) is 3.08. The van der Waals surface area contributed by atoms with Crippen molar-refractivity contribution in [3.8, 4) is 0 Å². The minimum Gasteiger partial charge on any atom is -0.394 e. The zero-order valence-corrected chi connectivity index (χ0v) is 9.72. The fourth-order valence-corrected chi connectivity index (χ4v) is 1.51. The Hall–Kier alpha value is -1.73. The molecule has 0 fully saturated rings. The first-order chi connectivity index (χ1) is 8.29. The molecule has 0 spiro atoms. The van der Waals surface area contributed by atoms with E-state index in [1.165, 1.54) is 0 Å². The zero-order chi connectivity index (χ0) is 12.1. The average Bonchev–Trinajstić information content (AvgIpc) is 2.90. The van der Waals surface area contributed by atoms with Crippen molar-refractivity contribution in [3.63, 3.8) is 0 Å². The van der Waals surface area contributed by atoms with Gasteiger partial charge in [-0.15, -0.1) is 5.10 Å². The highest BCUT2D eigenvalue weighted by atomic mass is 16.3. The van der Waals surface area contributed by atoms with E-state index in [4.69, 9.17) is 5.11 Å². The topological polar surface area (TPSA) is 91.7 Å². The Morgan fingerprint density at radius 3 is 3.06 bits per heavy atom. The first-order valence-electron chi connectivity index (χ1n) is 5.49. The summed E-state index contributed by atoms with van der Waals surface area (Å²) in [5, 5.41) is 26.7.